The maximum Gasteiger partial charge on any atom is 0.326 e. The summed E-state index contributed by atoms with van der Waals surface area (Å²) in [6.45, 7) is 2.78. The fourth-order valence-corrected chi connectivity index (χ4v) is 3.27. The molecule has 0 fully saturated rings. The lowest BCUT2D eigenvalue weighted by Crippen LogP contribution is -2.48. The number of aryl methyl sites for hydroxylation is 1. The van der Waals surface area contributed by atoms with E-state index in [9.17, 15) is 14.7 Å². The molecule has 0 aliphatic carbocycles. The van der Waals surface area contributed by atoms with Gasteiger partial charge in [0.2, 0.25) is 5.91 Å². The van der Waals surface area contributed by atoms with Gasteiger partial charge in [-0.2, -0.15) is 0 Å². The van der Waals surface area contributed by atoms with Crippen LogP contribution in [-0.4, -0.2) is 34.5 Å². The minimum Gasteiger partial charge on any atom is -0.494 e. The van der Waals surface area contributed by atoms with Gasteiger partial charge in [0.05, 0.1) is 6.61 Å². The summed E-state index contributed by atoms with van der Waals surface area (Å²) in [4.78, 5) is 25.7. The molecule has 1 N–H and O–H groups in total. The van der Waals surface area contributed by atoms with Crippen LogP contribution in [0.5, 0.6) is 5.75 Å². The highest BCUT2D eigenvalue weighted by Crippen LogP contribution is 2.24. The van der Waals surface area contributed by atoms with Crippen LogP contribution >= 0.6 is 0 Å². The molecule has 0 spiro atoms. The van der Waals surface area contributed by atoms with E-state index in [0.717, 1.165) is 22.4 Å². The van der Waals surface area contributed by atoms with E-state index in [1.165, 1.54) is 4.90 Å². The lowest BCUT2D eigenvalue weighted by atomic mass is 9.93. The van der Waals surface area contributed by atoms with Crippen LogP contribution in [0.1, 0.15) is 29.5 Å². The number of benzene rings is 2. The number of rotatable bonds is 6. The Morgan fingerprint density at radius 1 is 1.15 bits per heavy atom. The third-order valence-electron chi connectivity index (χ3n) is 4.65. The molecule has 3 rings (SSSR count). The van der Waals surface area contributed by atoms with E-state index < -0.39 is 12.0 Å². The number of carboxylic acids is 1. The Bertz CT molecular complexity index is 802. The van der Waals surface area contributed by atoms with Crippen molar-refractivity contribution in [2.24, 2.45) is 0 Å². The number of ether oxygens (including phenoxy) is 1. The molecule has 5 heteroatoms. The minimum atomic E-state index is -0.955. The van der Waals surface area contributed by atoms with E-state index in [4.69, 9.17) is 4.74 Å². The number of carbonyl (C=O) groups excluding carboxylic acids is 1. The molecule has 136 valence electrons. The molecule has 0 saturated heterocycles. The first-order chi connectivity index (χ1) is 12.5. The standard InChI is InChI=1S/C21H23NO4/c1-15-6-4-9-18(12-15)26-11-5-10-20(23)22-14-17-8-3-2-7-16(17)13-19(22)21(24)25/h2-4,6-9,12,19H,5,10-11,13-14H2,1H3,(H,24,25). The molecule has 1 amide bonds. The Balaban J connectivity index is 1.57. The van der Waals surface area contributed by atoms with Gasteiger partial charge in [-0.3, -0.25) is 4.79 Å². The summed E-state index contributed by atoms with van der Waals surface area (Å²) in [6, 6.07) is 14.7. The van der Waals surface area contributed by atoms with Gasteiger partial charge in [-0.05, 0) is 42.2 Å². The van der Waals surface area contributed by atoms with Crippen molar-refractivity contribution < 1.29 is 19.4 Å². The minimum absolute atomic E-state index is 0.139. The number of hydrogen-bond acceptors (Lipinski definition) is 3. The first-order valence-electron chi connectivity index (χ1n) is 8.83. The lowest BCUT2D eigenvalue weighted by molar-refractivity contribution is -0.151. The molecule has 1 heterocycles. The Morgan fingerprint density at radius 2 is 1.92 bits per heavy atom. The highest BCUT2D eigenvalue weighted by Gasteiger charge is 2.33. The number of carbonyl (C=O) groups is 2. The van der Waals surface area contributed by atoms with Gasteiger partial charge in [-0.15, -0.1) is 0 Å². The predicted molar refractivity (Wildman–Crippen MR) is 98.0 cm³/mol. The molecule has 0 aromatic heterocycles. The first-order valence-corrected chi connectivity index (χ1v) is 8.83. The van der Waals surface area contributed by atoms with E-state index in [2.05, 4.69) is 0 Å². The number of fused-ring (bicyclic) bond motifs is 1. The largest absolute Gasteiger partial charge is 0.494 e. The third kappa shape index (κ3) is 4.23. The molecule has 1 unspecified atom stereocenters. The second-order valence-corrected chi connectivity index (χ2v) is 6.62. The van der Waals surface area contributed by atoms with Crippen LogP contribution in [0, 0.1) is 6.92 Å². The fraction of sp³-hybridized carbons (Fsp3) is 0.333. The van der Waals surface area contributed by atoms with Crippen molar-refractivity contribution in [3.05, 3.63) is 65.2 Å². The molecule has 2 aromatic carbocycles. The zero-order valence-corrected chi connectivity index (χ0v) is 14.9. The van der Waals surface area contributed by atoms with Crippen molar-refractivity contribution in [1.29, 1.82) is 0 Å². The molecule has 0 bridgehead atoms. The van der Waals surface area contributed by atoms with Crippen molar-refractivity contribution in [3.8, 4) is 5.75 Å². The van der Waals surface area contributed by atoms with E-state index in [0.29, 0.717) is 26.0 Å². The van der Waals surface area contributed by atoms with Gasteiger partial charge < -0.3 is 14.7 Å². The van der Waals surface area contributed by atoms with Gasteiger partial charge >= 0.3 is 5.97 Å². The number of amides is 1. The molecule has 0 radical (unpaired) electrons. The number of nitrogens with zero attached hydrogens (tertiary/aromatic N) is 1. The normalized spacial score (nSPS) is 16.0. The van der Waals surface area contributed by atoms with Gasteiger partial charge in [0, 0.05) is 19.4 Å². The first kappa shape index (κ1) is 18.0. The smallest absolute Gasteiger partial charge is 0.326 e. The molecular weight excluding hydrogens is 330 g/mol. The zero-order valence-electron chi connectivity index (χ0n) is 14.9. The topological polar surface area (TPSA) is 66.8 Å². The van der Waals surface area contributed by atoms with Crippen molar-refractivity contribution >= 4 is 11.9 Å². The maximum absolute atomic E-state index is 12.6. The van der Waals surface area contributed by atoms with Crippen LogP contribution in [0.4, 0.5) is 0 Å². The van der Waals surface area contributed by atoms with Crippen LogP contribution in [0.15, 0.2) is 48.5 Å². The van der Waals surface area contributed by atoms with Crippen molar-refractivity contribution in [1.82, 2.24) is 4.90 Å². The van der Waals surface area contributed by atoms with Gasteiger partial charge in [-0.25, -0.2) is 4.79 Å². The molecule has 26 heavy (non-hydrogen) atoms. The predicted octanol–water partition coefficient (Wildman–Crippen LogP) is 3.19. The SMILES string of the molecule is Cc1cccc(OCCCC(=O)N2Cc3ccccc3CC2C(=O)O)c1. The van der Waals surface area contributed by atoms with Gasteiger partial charge in [0.25, 0.3) is 0 Å². The van der Waals surface area contributed by atoms with Crippen LogP contribution in [0.25, 0.3) is 0 Å². The molecular formula is C21H23NO4. The number of hydrogen-bond donors (Lipinski definition) is 1. The summed E-state index contributed by atoms with van der Waals surface area (Å²) in [5.74, 6) is -0.309. The Morgan fingerprint density at radius 3 is 2.65 bits per heavy atom. The zero-order chi connectivity index (χ0) is 18.5. The molecule has 1 aliphatic rings. The fourth-order valence-electron chi connectivity index (χ4n) is 3.27. The van der Waals surface area contributed by atoms with Crippen LogP contribution in [0.2, 0.25) is 0 Å². The van der Waals surface area contributed by atoms with Crippen molar-refractivity contribution in [2.45, 2.75) is 38.8 Å². The lowest BCUT2D eigenvalue weighted by Gasteiger charge is -2.34. The number of carboxylic acid groups (broad SMARTS) is 1. The van der Waals surface area contributed by atoms with E-state index in [-0.39, 0.29) is 12.3 Å². The van der Waals surface area contributed by atoms with Crippen molar-refractivity contribution in [2.75, 3.05) is 6.61 Å². The Kier molecular flexibility index (Phi) is 5.56. The molecule has 0 saturated carbocycles. The van der Waals surface area contributed by atoms with E-state index in [1.54, 1.807) is 0 Å². The van der Waals surface area contributed by atoms with E-state index >= 15 is 0 Å². The number of aliphatic carboxylic acids is 1. The summed E-state index contributed by atoms with van der Waals surface area (Å²) in [6.07, 6.45) is 1.19. The molecule has 5 nitrogen and oxygen atoms in total. The highest BCUT2D eigenvalue weighted by molar-refractivity contribution is 5.84. The molecule has 2 aromatic rings. The Labute approximate surface area is 153 Å². The highest BCUT2D eigenvalue weighted by atomic mass is 16.5. The second-order valence-electron chi connectivity index (χ2n) is 6.62. The van der Waals surface area contributed by atoms with Crippen LogP contribution < -0.4 is 4.74 Å². The van der Waals surface area contributed by atoms with Crippen LogP contribution in [-0.2, 0) is 22.6 Å². The van der Waals surface area contributed by atoms with Crippen molar-refractivity contribution in [3.63, 3.8) is 0 Å². The average molecular weight is 353 g/mol. The summed E-state index contributed by atoms with van der Waals surface area (Å²) < 4.78 is 5.67. The summed E-state index contributed by atoms with van der Waals surface area (Å²) in [7, 11) is 0. The Hall–Kier alpha value is -2.82. The van der Waals surface area contributed by atoms with Crippen LogP contribution in [0.3, 0.4) is 0 Å². The van der Waals surface area contributed by atoms with E-state index in [1.807, 2.05) is 55.5 Å². The maximum atomic E-state index is 12.6. The second kappa shape index (κ2) is 8.04. The monoisotopic (exact) mass is 353 g/mol. The quantitative estimate of drug-likeness (QED) is 0.810. The van der Waals surface area contributed by atoms with Gasteiger partial charge in [0.15, 0.2) is 0 Å². The average Bonchev–Trinajstić information content (AvgIpc) is 2.64. The molecule has 1 aliphatic heterocycles. The summed E-state index contributed by atoms with van der Waals surface area (Å²) in [5.41, 5.74) is 3.15. The van der Waals surface area contributed by atoms with Gasteiger partial charge in [-0.1, -0.05) is 36.4 Å². The molecule has 1 atom stereocenters. The summed E-state index contributed by atoms with van der Waals surface area (Å²) in [5, 5.41) is 9.51. The van der Waals surface area contributed by atoms with Gasteiger partial charge in [0.1, 0.15) is 11.8 Å². The third-order valence-corrected chi connectivity index (χ3v) is 4.65. The summed E-state index contributed by atoms with van der Waals surface area (Å²) >= 11 is 0.